The highest BCUT2D eigenvalue weighted by atomic mass is 16.6. The molecule has 11 heteroatoms. The normalized spacial score (nSPS) is 16.9. The number of carbonyl (C=O) groups excluding carboxylic acids is 3. The summed E-state index contributed by atoms with van der Waals surface area (Å²) in [5.74, 6) is -1.18. The molecule has 0 unspecified atom stereocenters. The molecule has 0 spiro atoms. The van der Waals surface area contributed by atoms with E-state index in [0.717, 1.165) is 0 Å². The Bertz CT molecular complexity index is 1060. The van der Waals surface area contributed by atoms with Gasteiger partial charge in [0.15, 0.2) is 0 Å². The van der Waals surface area contributed by atoms with Crippen LogP contribution in [0.25, 0.3) is 17.4 Å². The highest BCUT2D eigenvalue weighted by Gasteiger charge is 2.28. The maximum Gasteiger partial charge on any atom is 0.328 e. The smallest absolute Gasteiger partial charge is 0.328 e. The van der Waals surface area contributed by atoms with E-state index < -0.39 is 22.8 Å². The third-order valence-corrected chi connectivity index (χ3v) is 4.67. The Kier molecular flexibility index (Phi) is 5.02. The first kappa shape index (κ1) is 19.3. The summed E-state index contributed by atoms with van der Waals surface area (Å²) >= 11 is 0. The number of ether oxygens (including phenoxy) is 1. The van der Waals surface area contributed by atoms with Crippen molar-refractivity contribution < 1.29 is 28.5 Å². The van der Waals surface area contributed by atoms with E-state index in [1.807, 2.05) is 15.5 Å². The summed E-state index contributed by atoms with van der Waals surface area (Å²) in [6.45, 7) is 2.13. The SMILES string of the molecule is O=C1NC(=O)C(=Cc2ccc(-c3ccc(N4CCOCC4)c([N+](=O)[O-])c3)o2)C(=O)N1. The number of imide groups is 2. The summed E-state index contributed by atoms with van der Waals surface area (Å²) in [5.41, 5.74) is 0.622. The van der Waals surface area contributed by atoms with Gasteiger partial charge in [0.05, 0.1) is 18.1 Å². The van der Waals surface area contributed by atoms with E-state index in [4.69, 9.17) is 9.15 Å². The number of furan rings is 1. The fourth-order valence-electron chi connectivity index (χ4n) is 3.23. The molecule has 30 heavy (non-hydrogen) atoms. The van der Waals surface area contributed by atoms with Crippen molar-refractivity contribution in [3.05, 3.63) is 51.8 Å². The van der Waals surface area contributed by atoms with Gasteiger partial charge in [0.1, 0.15) is 22.8 Å². The molecule has 2 aliphatic rings. The van der Waals surface area contributed by atoms with Gasteiger partial charge in [-0.25, -0.2) is 4.79 Å². The second-order valence-electron chi connectivity index (χ2n) is 6.56. The molecule has 4 rings (SSSR count). The van der Waals surface area contributed by atoms with E-state index in [9.17, 15) is 24.5 Å². The number of nitro benzene ring substituents is 1. The number of benzene rings is 1. The number of hydrogen-bond donors (Lipinski definition) is 2. The van der Waals surface area contributed by atoms with E-state index in [1.54, 1.807) is 18.2 Å². The summed E-state index contributed by atoms with van der Waals surface area (Å²) in [6, 6.07) is 6.97. The average Bonchev–Trinajstić information content (AvgIpc) is 3.19. The number of nitro groups is 1. The molecule has 1 aromatic carbocycles. The maximum atomic E-state index is 11.8. The summed E-state index contributed by atoms with van der Waals surface area (Å²) in [5, 5.41) is 15.5. The number of urea groups is 1. The summed E-state index contributed by atoms with van der Waals surface area (Å²) in [6.07, 6.45) is 1.19. The van der Waals surface area contributed by atoms with Crippen molar-refractivity contribution in [2.45, 2.75) is 0 Å². The Labute approximate surface area is 169 Å². The highest BCUT2D eigenvalue weighted by Crippen LogP contribution is 2.34. The van der Waals surface area contributed by atoms with E-state index in [2.05, 4.69) is 0 Å². The molecule has 154 valence electrons. The minimum Gasteiger partial charge on any atom is -0.457 e. The standard InChI is InChI=1S/C19H16N4O7/c24-17-13(18(25)21-19(26)20-17)10-12-2-4-16(30-12)11-1-3-14(15(9-11)23(27)28)22-5-7-29-8-6-22/h1-4,9-10H,5-8H2,(H2,20,21,24,25,26). The predicted molar refractivity (Wildman–Crippen MR) is 103 cm³/mol. The van der Waals surface area contributed by atoms with Gasteiger partial charge in [0.25, 0.3) is 17.5 Å². The van der Waals surface area contributed by atoms with Crippen molar-refractivity contribution in [3.8, 4) is 11.3 Å². The second-order valence-corrected chi connectivity index (χ2v) is 6.56. The van der Waals surface area contributed by atoms with Crippen LogP contribution >= 0.6 is 0 Å². The molecule has 0 saturated carbocycles. The molecule has 1 aromatic heterocycles. The number of nitrogens with zero attached hydrogens (tertiary/aromatic N) is 2. The largest absolute Gasteiger partial charge is 0.457 e. The van der Waals surface area contributed by atoms with Crippen LogP contribution < -0.4 is 15.5 Å². The molecule has 0 aliphatic carbocycles. The molecule has 2 saturated heterocycles. The zero-order chi connectivity index (χ0) is 21.3. The van der Waals surface area contributed by atoms with Crippen molar-refractivity contribution in [2.24, 2.45) is 0 Å². The van der Waals surface area contributed by atoms with Crippen LogP contribution in [0.15, 0.2) is 40.3 Å². The van der Waals surface area contributed by atoms with Gasteiger partial charge in [0, 0.05) is 24.7 Å². The number of barbiturate groups is 1. The molecule has 0 radical (unpaired) electrons. The van der Waals surface area contributed by atoms with Crippen molar-refractivity contribution in [2.75, 3.05) is 31.2 Å². The van der Waals surface area contributed by atoms with Crippen molar-refractivity contribution in [3.63, 3.8) is 0 Å². The second kappa shape index (κ2) is 7.79. The monoisotopic (exact) mass is 412 g/mol. The van der Waals surface area contributed by atoms with Gasteiger partial charge in [0.2, 0.25) is 0 Å². The third kappa shape index (κ3) is 3.78. The topological polar surface area (TPSA) is 144 Å². The van der Waals surface area contributed by atoms with Crippen LogP contribution in [0.1, 0.15) is 5.76 Å². The Balaban J connectivity index is 1.63. The number of nitrogens with one attached hydrogen (secondary N) is 2. The molecular weight excluding hydrogens is 396 g/mol. The molecule has 0 bridgehead atoms. The maximum absolute atomic E-state index is 11.8. The van der Waals surface area contributed by atoms with Gasteiger partial charge in [-0.2, -0.15) is 0 Å². The average molecular weight is 412 g/mol. The molecule has 2 aliphatic heterocycles. The number of carbonyl (C=O) groups is 3. The molecule has 11 nitrogen and oxygen atoms in total. The molecule has 2 N–H and O–H groups in total. The van der Waals surface area contributed by atoms with Crippen molar-refractivity contribution >= 4 is 35.3 Å². The first-order valence-corrected chi connectivity index (χ1v) is 9.02. The number of morpholine rings is 1. The first-order valence-electron chi connectivity index (χ1n) is 9.02. The van der Waals surface area contributed by atoms with Gasteiger partial charge in [-0.05, 0) is 30.3 Å². The molecule has 0 atom stereocenters. The zero-order valence-electron chi connectivity index (χ0n) is 15.5. The summed E-state index contributed by atoms with van der Waals surface area (Å²) < 4.78 is 10.9. The van der Waals surface area contributed by atoms with Crippen molar-refractivity contribution in [1.29, 1.82) is 0 Å². The van der Waals surface area contributed by atoms with Crippen LogP contribution in [-0.4, -0.2) is 49.1 Å². The Morgan fingerprint density at radius 1 is 1.03 bits per heavy atom. The number of hydrogen-bond acceptors (Lipinski definition) is 8. The minimum absolute atomic E-state index is 0.0600. The van der Waals surface area contributed by atoms with E-state index in [0.29, 0.717) is 43.3 Å². The highest BCUT2D eigenvalue weighted by molar-refractivity contribution is 6.31. The fourth-order valence-corrected chi connectivity index (χ4v) is 3.23. The number of anilines is 1. The number of amides is 4. The molecule has 3 heterocycles. The van der Waals surface area contributed by atoms with Crippen LogP contribution in [-0.2, 0) is 14.3 Å². The predicted octanol–water partition coefficient (Wildman–Crippen LogP) is 1.44. The van der Waals surface area contributed by atoms with Crippen molar-refractivity contribution in [1.82, 2.24) is 10.6 Å². The van der Waals surface area contributed by atoms with Gasteiger partial charge >= 0.3 is 6.03 Å². The molecule has 2 fully saturated rings. The van der Waals surface area contributed by atoms with E-state index >= 15 is 0 Å². The molecular formula is C19H16N4O7. The summed E-state index contributed by atoms with van der Waals surface area (Å²) in [4.78, 5) is 47.8. The van der Waals surface area contributed by atoms with Gasteiger partial charge < -0.3 is 14.1 Å². The van der Waals surface area contributed by atoms with Gasteiger partial charge in [-0.15, -0.1) is 0 Å². The first-order chi connectivity index (χ1) is 14.4. The number of rotatable bonds is 4. The Hall–Kier alpha value is -3.99. The van der Waals surface area contributed by atoms with Crippen LogP contribution in [0.2, 0.25) is 0 Å². The zero-order valence-corrected chi connectivity index (χ0v) is 15.5. The van der Waals surface area contributed by atoms with E-state index in [-0.39, 0.29) is 17.0 Å². The molecule has 4 amide bonds. The lowest BCUT2D eigenvalue weighted by molar-refractivity contribution is -0.384. The van der Waals surface area contributed by atoms with Crippen LogP contribution in [0, 0.1) is 10.1 Å². The minimum atomic E-state index is -0.894. The van der Waals surface area contributed by atoms with E-state index in [1.165, 1.54) is 18.2 Å². The Morgan fingerprint density at radius 2 is 1.73 bits per heavy atom. The fraction of sp³-hybridized carbons (Fsp3) is 0.211. The van der Waals surface area contributed by atoms with Crippen LogP contribution in [0.3, 0.4) is 0 Å². The van der Waals surface area contributed by atoms with Gasteiger partial charge in [-0.3, -0.25) is 30.3 Å². The quantitative estimate of drug-likeness (QED) is 0.332. The lowest BCUT2D eigenvalue weighted by Crippen LogP contribution is -2.51. The third-order valence-electron chi connectivity index (χ3n) is 4.67. The lowest BCUT2D eigenvalue weighted by Gasteiger charge is -2.28. The van der Waals surface area contributed by atoms with Crippen LogP contribution in [0.5, 0.6) is 0 Å². The molecule has 2 aromatic rings. The lowest BCUT2D eigenvalue weighted by atomic mass is 10.1. The summed E-state index contributed by atoms with van der Waals surface area (Å²) in [7, 11) is 0. The van der Waals surface area contributed by atoms with Gasteiger partial charge in [-0.1, -0.05) is 0 Å². The Morgan fingerprint density at radius 3 is 2.40 bits per heavy atom. The van der Waals surface area contributed by atoms with Crippen LogP contribution in [0.4, 0.5) is 16.2 Å².